The second kappa shape index (κ2) is 3.79. The standard InChI is InChI=1S/C11H20N2O/c12-10(14)13-8-4-7-11(9-13)5-2-1-3-6-11/h1-9H2,(H2,12,14). The zero-order valence-electron chi connectivity index (χ0n) is 8.80. The maximum Gasteiger partial charge on any atom is 0.314 e. The van der Waals surface area contributed by atoms with Gasteiger partial charge in [0, 0.05) is 13.1 Å². The van der Waals surface area contributed by atoms with Crippen molar-refractivity contribution < 1.29 is 4.79 Å². The summed E-state index contributed by atoms with van der Waals surface area (Å²) in [5.74, 6) is 0. The van der Waals surface area contributed by atoms with Crippen molar-refractivity contribution in [3.05, 3.63) is 0 Å². The van der Waals surface area contributed by atoms with Crippen LogP contribution in [0.5, 0.6) is 0 Å². The summed E-state index contributed by atoms with van der Waals surface area (Å²) in [6.45, 7) is 1.79. The topological polar surface area (TPSA) is 46.3 Å². The minimum atomic E-state index is -0.227. The summed E-state index contributed by atoms with van der Waals surface area (Å²) < 4.78 is 0. The van der Waals surface area contributed by atoms with Gasteiger partial charge >= 0.3 is 6.03 Å². The number of carbonyl (C=O) groups is 1. The predicted octanol–water partition coefficient (Wildman–Crippen LogP) is 2.11. The molecule has 3 heteroatoms. The van der Waals surface area contributed by atoms with Crippen LogP contribution in [0.25, 0.3) is 0 Å². The summed E-state index contributed by atoms with van der Waals surface area (Å²) in [6.07, 6.45) is 9.10. The van der Waals surface area contributed by atoms with Crippen molar-refractivity contribution in [2.24, 2.45) is 11.1 Å². The Morgan fingerprint density at radius 2 is 1.71 bits per heavy atom. The van der Waals surface area contributed by atoms with E-state index in [4.69, 9.17) is 5.73 Å². The van der Waals surface area contributed by atoms with E-state index < -0.39 is 0 Å². The van der Waals surface area contributed by atoms with Gasteiger partial charge < -0.3 is 10.6 Å². The van der Waals surface area contributed by atoms with Gasteiger partial charge in [0.1, 0.15) is 0 Å². The molecule has 1 saturated heterocycles. The Bertz CT molecular complexity index is 216. The van der Waals surface area contributed by atoms with Crippen molar-refractivity contribution in [1.29, 1.82) is 0 Å². The maximum absolute atomic E-state index is 11.1. The molecule has 0 aromatic carbocycles. The van der Waals surface area contributed by atoms with Gasteiger partial charge in [0.25, 0.3) is 0 Å². The van der Waals surface area contributed by atoms with E-state index in [-0.39, 0.29) is 6.03 Å². The van der Waals surface area contributed by atoms with Crippen molar-refractivity contribution in [3.63, 3.8) is 0 Å². The van der Waals surface area contributed by atoms with Gasteiger partial charge in [0.15, 0.2) is 0 Å². The Hall–Kier alpha value is -0.730. The van der Waals surface area contributed by atoms with Crippen molar-refractivity contribution >= 4 is 6.03 Å². The minimum Gasteiger partial charge on any atom is -0.351 e. The van der Waals surface area contributed by atoms with Crippen LogP contribution in [0.4, 0.5) is 4.79 Å². The van der Waals surface area contributed by atoms with Crippen LogP contribution in [0.2, 0.25) is 0 Å². The molecule has 0 aromatic rings. The molecule has 1 aliphatic heterocycles. The maximum atomic E-state index is 11.1. The third-order valence-electron chi connectivity index (χ3n) is 3.89. The summed E-state index contributed by atoms with van der Waals surface area (Å²) in [5.41, 5.74) is 5.78. The average molecular weight is 196 g/mol. The molecule has 1 heterocycles. The highest BCUT2D eigenvalue weighted by atomic mass is 16.2. The second-order valence-corrected chi connectivity index (χ2v) is 4.92. The average Bonchev–Trinajstić information content (AvgIpc) is 2.19. The number of hydrogen-bond acceptors (Lipinski definition) is 1. The first kappa shape index (κ1) is 9.81. The van der Waals surface area contributed by atoms with Crippen molar-refractivity contribution in [2.75, 3.05) is 13.1 Å². The number of carbonyl (C=O) groups excluding carboxylic acids is 1. The molecule has 2 amide bonds. The number of rotatable bonds is 0. The van der Waals surface area contributed by atoms with Gasteiger partial charge in [-0.05, 0) is 31.1 Å². The highest BCUT2D eigenvalue weighted by Crippen LogP contribution is 2.42. The number of hydrogen-bond donors (Lipinski definition) is 1. The van der Waals surface area contributed by atoms with Gasteiger partial charge in [-0.2, -0.15) is 0 Å². The lowest BCUT2D eigenvalue weighted by Gasteiger charge is -2.44. The summed E-state index contributed by atoms with van der Waals surface area (Å²) in [4.78, 5) is 13.0. The van der Waals surface area contributed by atoms with E-state index in [0.29, 0.717) is 5.41 Å². The number of urea groups is 1. The summed E-state index contributed by atoms with van der Waals surface area (Å²) in [6, 6.07) is -0.227. The number of amides is 2. The van der Waals surface area contributed by atoms with E-state index in [2.05, 4.69) is 0 Å². The van der Waals surface area contributed by atoms with E-state index in [9.17, 15) is 4.79 Å². The SMILES string of the molecule is NC(=O)N1CCCC2(CCCCC2)C1. The lowest BCUT2D eigenvalue weighted by Crippen LogP contribution is -2.48. The minimum absolute atomic E-state index is 0.227. The van der Waals surface area contributed by atoms with Gasteiger partial charge in [0.2, 0.25) is 0 Å². The zero-order chi connectivity index (χ0) is 10.0. The summed E-state index contributed by atoms with van der Waals surface area (Å²) in [7, 11) is 0. The Morgan fingerprint density at radius 1 is 1.07 bits per heavy atom. The Balaban J connectivity index is 2.01. The number of likely N-dealkylation sites (tertiary alicyclic amines) is 1. The van der Waals surface area contributed by atoms with Crippen LogP contribution in [0.1, 0.15) is 44.9 Å². The van der Waals surface area contributed by atoms with Gasteiger partial charge in [-0.3, -0.25) is 0 Å². The summed E-state index contributed by atoms with van der Waals surface area (Å²) in [5, 5.41) is 0. The molecule has 3 nitrogen and oxygen atoms in total. The van der Waals surface area contributed by atoms with Crippen LogP contribution in [-0.4, -0.2) is 24.0 Å². The van der Waals surface area contributed by atoms with E-state index in [1.165, 1.54) is 38.5 Å². The highest BCUT2D eigenvalue weighted by molar-refractivity contribution is 5.72. The molecule has 2 fully saturated rings. The van der Waals surface area contributed by atoms with Crippen molar-refractivity contribution in [1.82, 2.24) is 4.90 Å². The smallest absolute Gasteiger partial charge is 0.314 e. The van der Waals surface area contributed by atoms with E-state index in [1.54, 1.807) is 0 Å². The third kappa shape index (κ3) is 1.86. The lowest BCUT2D eigenvalue weighted by atomic mass is 9.69. The highest BCUT2D eigenvalue weighted by Gasteiger charge is 2.37. The number of nitrogens with two attached hydrogens (primary N) is 1. The first-order chi connectivity index (χ1) is 6.72. The first-order valence-electron chi connectivity index (χ1n) is 5.76. The molecule has 0 aromatic heterocycles. The van der Waals surface area contributed by atoms with Crippen LogP contribution in [0, 0.1) is 5.41 Å². The van der Waals surface area contributed by atoms with Crippen LogP contribution < -0.4 is 5.73 Å². The molecule has 0 bridgehead atoms. The molecule has 1 saturated carbocycles. The van der Waals surface area contributed by atoms with E-state index in [1.807, 2.05) is 4.90 Å². The Labute approximate surface area is 85.6 Å². The molecule has 1 spiro atoms. The number of nitrogens with zero attached hydrogens (tertiary/aromatic N) is 1. The van der Waals surface area contributed by atoms with Crippen LogP contribution in [0.15, 0.2) is 0 Å². The van der Waals surface area contributed by atoms with E-state index >= 15 is 0 Å². The molecular weight excluding hydrogens is 176 g/mol. The van der Waals surface area contributed by atoms with Gasteiger partial charge in [-0.25, -0.2) is 4.79 Å². The zero-order valence-corrected chi connectivity index (χ0v) is 8.80. The fourth-order valence-corrected chi connectivity index (χ4v) is 3.11. The molecule has 0 unspecified atom stereocenters. The molecule has 1 aliphatic carbocycles. The molecule has 2 N–H and O–H groups in total. The lowest BCUT2D eigenvalue weighted by molar-refractivity contribution is 0.0735. The molecule has 2 rings (SSSR count). The second-order valence-electron chi connectivity index (χ2n) is 4.92. The van der Waals surface area contributed by atoms with Gasteiger partial charge in [-0.1, -0.05) is 19.3 Å². The van der Waals surface area contributed by atoms with E-state index in [0.717, 1.165) is 19.5 Å². The predicted molar refractivity (Wildman–Crippen MR) is 55.9 cm³/mol. The largest absolute Gasteiger partial charge is 0.351 e. The Morgan fingerprint density at radius 3 is 2.36 bits per heavy atom. The van der Waals surface area contributed by atoms with Crippen LogP contribution in [0.3, 0.4) is 0 Å². The fourth-order valence-electron chi connectivity index (χ4n) is 3.11. The first-order valence-corrected chi connectivity index (χ1v) is 5.76. The van der Waals surface area contributed by atoms with Gasteiger partial charge in [-0.15, -0.1) is 0 Å². The monoisotopic (exact) mass is 196 g/mol. The molecular formula is C11H20N2O. The molecule has 0 radical (unpaired) electrons. The third-order valence-corrected chi connectivity index (χ3v) is 3.89. The number of piperidine rings is 1. The quantitative estimate of drug-likeness (QED) is 0.633. The van der Waals surface area contributed by atoms with Gasteiger partial charge in [0.05, 0.1) is 0 Å². The number of primary amides is 1. The fraction of sp³-hybridized carbons (Fsp3) is 0.909. The van der Waals surface area contributed by atoms with Crippen molar-refractivity contribution in [3.8, 4) is 0 Å². The normalized spacial score (nSPS) is 26.4. The van der Waals surface area contributed by atoms with Crippen LogP contribution in [-0.2, 0) is 0 Å². The van der Waals surface area contributed by atoms with Crippen molar-refractivity contribution in [2.45, 2.75) is 44.9 Å². The summed E-state index contributed by atoms with van der Waals surface area (Å²) >= 11 is 0. The van der Waals surface area contributed by atoms with Crippen LogP contribution >= 0.6 is 0 Å². The molecule has 2 aliphatic rings. The molecule has 0 atom stereocenters. The molecule has 80 valence electrons. The molecule has 14 heavy (non-hydrogen) atoms. The Kier molecular flexibility index (Phi) is 2.66.